The number of rotatable bonds is 3. The minimum Gasteiger partial charge on any atom is -0.399 e. The third-order valence-electron chi connectivity index (χ3n) is 2.98. The first-order chi connectivity index (χ1) is 10.1. The van der Waals surface area contributed by atoms with Crippen molar-refractivity contribution in [3.05, 3.63) is 58.9 Å². The molecule has 0 aliphatic rings. The lowest BCUT2D eigenvalue weighted by molar-refractivity contribution is 0.0947. The molecular weight excluding hydrogens is 289 g/mol. The van der Waals surface area contributed by atoms with Gasteiger partial charge in [-0.25, -0.2) is 9.37 Å². The lowest BCUT2D eigenvalue weighted by atomic mass is 10.2. The highest BCUT2D eigenvalue weighted by atomic mass is 32.1. The summed E-state index contributed by atoms with van der Waals surface area (Å²) in [5, 5.41) is 3.44. The van der Waals surface area contributed by atoms with Gasteiger partial charge in [-0.15, -0.1) is 11.3 Å². The fraction of sp³-hybridized carbons (Fsp3) is 0.0667. The van der Waals surface area contributed by atoms with Crippen molar-refractivity contribution in [1.82, 2.24) is 10.3 Å². The first kappa shape index (κ1) is 13.5. The minimum atomic E-state index is -0.628. The number of hydrogen-bond acceptors (Lipinski definition) is 4. The Hall–Kier alpha value is -2.47. The first-order valence-corrected chi connectivity index (χ1v) is 7.13. The number of aromatic nitrogens is 1. The summed E-state index contributed by atoms with van der Waals surface area (Å²) >= 11 is 1.50. The smallest absolute Gasteiger partial charge is 0.254 e. The van der Waals surface area contributed by atoms with E-state index in [1.807, 2.05) is 24.3 Å². The number of nitrogens with two attached hydrogens (primary N) is 1. The average Bonchev–Trinajstić information content (AvgIpc) is 2.87. The van der Waals surface area contributed by atoms with Crippen LogP contribution in [0.3, 0.4) is 0 Å². The molecule has 2 aromatic carbocycles. The van der Waals surface area contributed by atoms with E-state index in [4.69, 9.17) is 5.73 Å². The van der Waals surface area contributed by atoms with Crippen LogP contribution in [-0.2, 0) is 6.54 Å². The highest BCUT2D eigenvalue weighted by Gasteiger charge is 2.12. The molecule has 3 N–H and O–H groups in total. The number of halogens is 1. The summed E-state index contributed by atoms with van der Waals surface area (Å²) in [5.74, 6) is -1.11. The number of nitrogen functional groups attached to an aromatic ring is 1. The zero-order chi connectivity index (χ0) is 14.8. The van der Waals surface area contributed by atoms with Gasteiger partial charge in [0.1, 0.15) is 10.8 Å². The van der Waals surface area contributed by atoms with Gasteiger partial charge in [-0.3, -0.25) is 4.79 Å². The predicted octanol–water partition coefficient (Wildman–Crippen LogP) is 2.95. The number of carbonyl (C=O) groups excluding carboxylic acids is 1. The number of fused-ring (bicyclic) bond motifs is 1. The number of amides is 1. The van der Waals surface area contributed by atoms with Gasteiger partial charge in [0.2, 0.25) is 0 Å². The number of thiazole rings is 1. The third kappa shape index (κ3) is 2.85. The zero-order valence-corrected chi connectivity index (χ0v) is 11.8. The Labute approximate surface area is 124 Å². The fourth-order valence-corrected chi connectivity index (χ4v) is 2.87. The van der Waals surface area contributed by atoms with Crippen molar-refractivity contribution in [2.24, 2.45) is 0 Å². The number of carbonyl (C=O) groups is 1. The fourth-order valence-electron chi connectivity index (χ4n) is 1.96. The van der Waals surface area contributed by atoms with E-state index in [1.165, 1.54) is 23.5 Å². The number of para-hydroxylation sites is 1. The Bertz CT molecular complexity index is 783. The average molecular weight is 301 g/mol. The van der Waals surface area contributed by atoms with Crippen molar-refractivity contribution in [1.29, 1.82) is 0 Å². The van der Waals surface area contributed by atoms with E-state index < -0.39 is 11.7 Å². The summed E-state index contributed by atoms with van der Waals surface area (Å²) in [6.45, 7) is 0.266. The van der Waals surface area contributed by atoms with Crippen molar-refractivity contribution >= 4 is 33.1 Å². The van der Waals surface area contributed by atoms with Crippen LogP contribution in [0.2, 0.25) is 0 Å². The van der Waals surface area contributed by atoms with E-state index in [9.17, 15) is 9.18 Å². The summed E-state index contributed by atoms with van der Waals surface area (Å²) in [6.07, 6.45) is 0. The summed E-state index contributed by atoms with van der Waals surface area (Å²) < 4.78 is 14.7. The zero-order valence-electron chi connectivity index (χ0n) is 11.0. The molecule has 106 valence electrons. The molecule has 0 aliphatic carbocycles. The highest BCUT2D eigenvalue weighted by molar-refractivity contribution is 7.18. The molecule has 0 atom stereocenters. The molecule has 0 saturated carbocycles. The van der Waals surface area contributed by atoms with Crippen LogP contribution in [0, 0.1) is 5.82 Å². The van der Waals surface area contributed by atoms with Crippen molar-refractivity contribution in [2.45, 2.75) is 6.54 Å². The molecule has 3 aromatic rings. The van der Waals surface area contributed by atoms with Crippen molar-refractivity contribution < 1.29 is 9.18 Å². The van der Waals surface area contributed by atoms with E-state index >= 15 is 0 Å². The molecule has 0 spiro atoms. The van der Waals surface area contributed by atoms with Crippen LogP contribution in [0.4, 0.5) is 10.1 Å². The Morgan fingerprint density at radius 1 is 1.29 bits per heavy atom. The van der Waals surface area contributed by atoms with Gasteiger partial charge >= 0.3 is 0 Å². The molecule has 1 aromatic heterocycles. The standard InChI is InChI=1S/C15H12FN3OS/c16-11-7-9(17)5-6-10(11)15(20)18-8-14-19-12-3-1-2-4-13(12)21-14/h1-7H,8,17H2,(H,18,20). The number of anilines is 1. The molecule has 0 fully saturated rings. The normalized spacial score (nSPS) is 10.7. The SMILES string of the molecule is Nc1ccc(C(=O)NCc2nc3ccccc3s2)c(F)c1. The molecule has 1 amide bonds. The van der Waals surface area contributed by atoms with Crippen LogP contribution in [0.15, 0.2) is 42.5 Å². The van der Waals surface area contributed by atoms with E-state index in [1.54, 1.807) is 0 Å². The Morgan fingerprint density at radius 2 is 2.10 bits per heavy atom. The van der Waals surface area contributed by atoms with E-state index in [-0.39, 0.29) is 17.8 Å². The summed E-state index contributed by atoms with van der Waals surface area (Å²) in [5.41, 5.74) is 6.61. The second-order valence-electron chi connectivity index (χ2n) is 4.50. The Balaban J connectivity index is 1.73. The molecule has 4 nitrogen and oxygen atoms in total. The second-order valence-corrected chi connectivity index (χ2v) is 5.61. The molecule has 0 aliphatic heterocycles. The van der Waals surface area contributed by atoms with Gasteiger partial charge in [0.05, 0.1) is 22.3 Å². The number of nitrogens with one attached hydrogen (secondary N) is 1. The minimum absolute atomic E-state index is 0.0229. The lowest BCUT2D eigenvalue weighted by Crippen LogP contribution is -2.23. The molecule has 1 heterocycles. The Morgan fingerprint density at radius 3 is 2.86 bits per heavy atom. The maximum atomic E-state index is 13.6. The largest absolute Gasteiger partial charge is 0.399 e. The first-order valence-electron chi connectivity index (χ1n) is 6.31. The van der Waals surface area contributed by atoms with Crippen molar-refractivity contribution in [3.8, 4) is 0 Å². The van der Waals surface area contributed by atoms with Crippen LogP contribution in [0.25, 0.3) is 10.2 Å². The maximum Gasteiger partial charge on any atom is 0.254 e. The Kier molecular flexibility index (Phi) is 3.53. The van der Waals surface area contributed by atoms with Crippen molar-refractivity contribution in [2.75, 3.05) is 5.73 Å². The van der Waals surface area contributed by atoms with Crippen molar-refractivity contribution in [3.63, 3.8) is 0 Å². The molecular formula is C15H12FN3OS. The van der Waals surface area contributed by atoms with E-state index in [0.717, 1.165) is 21.3 Å². The van der Waals surface area contributed by atoms with Gasteiger partial charge in [-0.05, 0) is 30.3 Å². The lowest BCUT2D eigenvalue weighted by Gasteiger charge is -2.04. The molecule has 0 bridgehead atoms. The van der Waals surface area contributed by atoms with Gasteiger partial charge < -0.3 is 11.1 Å². The molecule has 0 radical (unpaired) electrons. The quantitative estimate of drug-likeness (QED) is 0.731. The van der Waals surface area contributed by atoms with Gasteiger partial charge in [0, 0.05) is 5.69 Å². The molecule has 0 saturated heterocycles. The monoisotopic (exact) mass is 301 g/mol. The van der Waals surface area contributed by atoms with Crippen LogP contribution in [-0.4, -0.2) is 10.9 Å². The number of hydrogen-bond donors (Lipinski definition) is 2. The van der Waals surface area contributed by atoms with Crippen LogP contribution < -0.4 is 11.1 Å². The van der Waals surface area contributed by atoms with Crippen LogP contribution >= 0.6 is 11.3 Å². The number of benzene rings is 2. The van der Waals surface area contributed by atoms with Gasteiger partial charge in [0.15, 0.2) is 0 Å². The molecule has 21 heavy (non-hydrogen) atoms. The summed E-state index contributed by atoms with van der Waals surface area (Å²) in [6, 6.07) is 11.7. The van der Waals surface area contributed by atoms with Gasteiger partial charge in [-0.2, -0.15) is 0 Å². The van der Waals surface area contributed by atoms with E-state index in [2.05, 4.69) is 10.3 Å². The van der Waals surface area contributed by atoms with Crippen LogP contribution in [0.1, 0.15) is 15.4 Å². The predicted molar refractivity (Wildman–Crippen MR) is 81.6 cm³/mol. The second kappa shape index (κ2) is 5.49. The van der Waals surface area contributed by atoms with Crippen LogP contribution in [0.5, 0.6) is 0 Å². The number of nitrogens with zero attached hydrogens (tertiary/aromatic N) is 1. The molecule has 0 unspecified atom stereocenters. The molecule has 6 heteroatoms. The van der Waals surface area contributed by atoms with Gasteiger partial charge in [0.25, 0.3) is 5.91 Å². The van der Waals surface area contributed by atoms with E-state index in [0.29, 0.717) is 0 Å². The topological polar surface area (TPSA) is 68.0 Å². The molecule has 3 rings (SSSR count). The summed E-state index contributed by atoms with van der Waals surface area (Å²) in [7, 11) is 0. The highest BCUT2D eigenvalue weighted by Crippen LogP contribution is 2.21. The maximum absolute atomic E-state index is 13.6. The third-order valence-corrected chi connectivity index (χ3v) is 4.01. The summed E-state index contributed by atoms with van der Waals surface area (Å²) in [4.78, 5) is 16.4. The van der Waals surface area contributed by atoms with Gasteiger partial charge in [-0.1, -0.05) is 12.1 Å².